The summed E-state index contributed by atoms with van der Waals surface area (Å²) >= 11 is 0. The van der Waals surface area contributed by atoms with E-state index < -0.39 is 56.6 Å². The van der Waals surface area contributed by atoms with Gasteiger partial charge in [-0.15, -0.1) is 0 Å². The number of aliphatic hydroxyl groups is 1. The van der Waals surface area contributed by atoms with E-state index in [4.69, 9.17) is 5.73 Å². The smallest absolute Gasteiger partial charge is 0.369 e. The highest BCUT2D eigenvalue weighted by molar-refractivity contribution is 7.91. The first-order valence-electron chi connectivity index (χ1n) is 8.75. The van der Waals surface area contributed by atoms with E-state index in [2.05, 4.69) is 0 Å². The molecule has 176 valence electrons. The molecule has 32 heavy (non-hydrogen) atoms. The first kappa shape index (κ1) is 25.6. The van der Waals surface area contributed by atoms with Gasteiger partial charge in [0, 0.05) is 11.1 Å². The number of benzene rings is 2. The monoisotopic (exact) mass is 487 g/mol. The van der Waals surface area contributed by atoms with Crippen molar-refractivity contribution < 1.29 is 49.1 Å². The van der Waals surface area contributed by atoms with Crippen molar-refractivity contribution in [2.45, 2.75) is 35.7 Å². The maximum Gasteiger partial charge on any atom is 0.430 e. The van der Waals surface area contributed by atoms with Crippen LogP contribution >= 0.6 is 0 Å². The van der Waals surface area contributed by atoms with Crippen LogP contribution in [-0.2, 0) is 20.2 Å². The average Bonchev–Trinajstić information content (AvgIpc) is 2.67. The molecule has 5 nitrogen and oxygen atoms in total. The molecule has 2 aromatic carbocycles. The lowest BCUT2D eigenvalue weighted by molar-refractivity contribution is -0.376. The van der Waals surface area contributed by atoms with E-state index in [1.54, 1.807) is 0 Å². The topological polar surface area (TPSA) is 97.5 Å². The lowest BCUT2D eigenvalue weighted by Crippen LogP contribution is -2.54. The van der Waals surface area contributed by atoms with Crippen molar-refractivity contribution in [1.82, 2.24) is 0 Å². The molecule has 2 aromatic rings. The number of amides is 1. The predicted molar refractivity (Wildman–Crippen MR) is 97.6 cm³/mol. The molecule has 1 unspecified atom stereocenters. The summed E-state index contributed by atoms with van der Waals surface area (Å²) in [5.41, 5.74) is -2.66. The summed E-state index contributed by atoms with van der Waals surface area (Å²) < 4.78 is 116. The number of primary amides is 1. The highest BCUT2D eigenvalue weighted by atomic mass is 32.2. The summed E-state index contributed by atoms with van der Waals surface area (Å²) in [6.07, 6.45) is -12.4. The molecule has 0 saturated heterocycles. The Morgan fingerprint density at radius 1 is 1.00 bits per heavy atom. The van der Waals surface area contributed by atoms with Crippen LogP contribution in [0.15, 0.2) is 47.4 Å². The largest absolute Gasteiger partial charge is 0.430 e. The van der Waals surface area contributed by atoms with E-state index >= 15 is 0 Å². The highest BCUT2D eigenvalue weighted by Gasteiger charge is 2.71. The van der Waals surface area contributed by atoms with Crippen LogP contribution in [0.3, 0.4) is 0 Å². The maximum absolute atomic E-state index is 14.6. The molecular formula is C19H16F7NO4S. The third-order valence-corrected chi connectivity index (χ3v) is 6.54. The Morgan fingerprint density at radius 2 is 1.50 bits per heavy atom. The van der Waals surface area contributed by atoms with E-state index in [1.807, 2.05) is 0 Å². The van der Waals surface area contributed by atoms with Gasteiger partial charge in [-0.25, -0.2) is 12.8 Å². The average molecular weight is 487 g/mol. The quantitative estimate of drug-likeness (QED) is 0.609. The Labute approximate surface area is 177 Å². The number of rotatable bonds is 6. The maximum atomic E-state index is 14.6. The SMILES string of the molecule is CCS(=O)(=O)c1ccc(C(C(N)=O)c2ccc(C(O)(C(F)(F)F)C(F)(F)F)cc2F)cc1. The van der Waals surface area contributed by atoms with E-state index in [0.717, 1.165) is 24.3 Å². The van der Waals surface area contributed by atoms with Crippen molar-refractivity contribution in [1.29, 1.82) is 0 Å². The fourth-order valence-corrected chi connectivity index (χ4v) is 3.89. The van der Waals surface area contributed by atoms with Crippen LogP contribution in [0, 0.1) is 5.82 Å². The van der Waals surface area contributed by atoms with Crippen molar-refractivity contribution in [3.63, 3.8) is 0 Å². The van der Waals surface area contributed by atoms with Gasteiger partial charge >= 0.3 is 12.4 Å². The molecule has 13 heteroatoms. The van der Waals surface area contributed by atoms with E-state index in [-0.39, 0.29) is 28.3 Å². The summed E-state index contributed by atoms with van der Waals surface area (Å²) in [6.45, 7) is 1.38. The van der Waals surface area contributed by atoms with Gasteiger partial charge in [0.2, 0.25) is 5.91 Å². The van der Waals surface area contributed by atoms with Gasteiger partial charge in [-0.3, -0.25) is 4.79 Å². The molecule has 2 rings (SSSR count). The number of alkyl halides is 6. The number of sulfone groups is 1. The van der Waals surface area contributed by atoms with Crippen molar-refractivity contribution >= 4 is 15.7 Å². The second-order valence-corrected chi connectivity index (χ2v) is 9.03. The summed E-state index contributed by atoms with van der Waals surface area (Å²) in [4.78, 5) is 11.8. The number of nitrogens with two attached hydrogens (primary N) is 1. The van der Waals surface area contributed by atoms with Gasteiger partial charge in [0.25, 0.3) is 5.60 Å². The minimum Gasteiger partial charge on any atom is -0.369 e. The van der Waals surface area contributed by atoms with Gasteiger partial charge < -0.3 is 10.8 Å². The number of hydrogen-bond acceptors (Lipinski definition) is 4. The number of carbonyl (C=O) groups is 1. The van der Waals surface area contributed by atoms with Crippen LogP contribution in [0.4, 0.5) is 30.7 Å². The molecule has 0 heterocycles. The number of hydrogen-bond donors (Lipinski definition) is 2. The molecule has 0 aliphatic rings. The molecule has 0 saturated carbocycles. The molecule has 1 atom stereocenters. The third kappa shape index (κ3) is 4.44. The lowest BCUT2D eigenvalue weighted by Gasteiger charge is -2.33. The van der Waals surface area contributed by atoms with Gasteiger partial charge in [0.1, 0.15) is 5.82 Å². The summed E-state index contributed by atoms with van der Waals surface area (Å²) in [6, 6.07) is 4.91. The number of carbonyl (C=O) groups excluding carboxylic acids is 1. The molecule has 0 aliphatic carbocycles. The molecule has 0 radical (unpaired) electrons. The van der Waals surface area contributed by atoms with Crippen molar-refractivity contribution in [2.75, 3.05) is 5.75 Å². The first-order valence-corrected chi connectivity index (χ1v) is 10.4. The Morgan fingerprint density at radius 3 is 1.88 bits per heavy atom. The molecular weight excluding hydrogens is 471 g/mol. The summed E-state index contributed by atoms with van der Waals surface area (Å²) in [5.74, 6) is -4.76. The van der Waals surface area contributed by atoms with Crippen LogP contribution in [0.25, 0.3) is 0 Å². The zero-order valence-electron chi connectivity index (χ0n) is 16.1. The van der Waals surface area contributed by atoms with Gasteiger partial charge in [-0.1, -0.05) is 31.2 Å². The van der Waals surface area contributed by atoms with E-state index in [1.165, 1.54) is 6.92 Å². The van der Waals surface area contributed by atoms with Crippen LogP contribution < -0.4 is 5.73 Å². The zero-order chi connectivity index (χ0) is 24.7. The second-order valence-electron chi connectivity index (χ2n) is 6.75. The van der Waals surface area contributed by atoms with Gasteiger partial charge in [-0.05, 0) is 23.8 Å². The minimum absolute atomic E-state index is 0.0545. The molecule has 0 fully saturated rings. The molecule has 0 aliphatic heterocycles. The third-order valence-electron chi connectivity index (χ3n) is 4.79. The van der Waals surface area contributed by atoms with Gasteiger partial charge in [-0.2, -0.15) is 26.3 Å². The van der Waals surface area contributed by atoms with Crippen molar-refractivity contribution in [2.24, 2.45) is 5.73 Å². The second kappa shape index (κ2) is 8.35. The van der Waals surface area contributed by atoms with Crippen molar-refractivity contribution in [3.8, 4) is 0 Å². The van der Waals surface area contributed by atoms with Crippen LogP contribution in [0.5, 0.6) is 0 Å². The van der Waals surface area contributed by atoms with Crippen molar-refractivity contribution in [3.05, 3.63) is 65.0 Å². The first-order chi connectivity index (χ1) is 14.5. The Hall–Kier alpha value is -2.67. The molecule has 0 aromatic heterocycles. The van der Waals surface area contributed by atoms with Gasteiger partial charge in [0.05, 0.1) is 16.6 Å². The summed E-state index contributed by atoms with van der Waals surface area (Å²) in [7, 11) is -3.61. The molecule has 1 amide bonds. The standard InChI is InChI=1S/C19H16F7NO4S/c1-2-32(30,31)12-6-3-10(4-7-12)15(16(27)28)13-8-5-11(9-14(13)20)17(29,18(21,22)23)19(24,25)26/h3-9,15,29H,2H2,1H3,(H2,27,28). The molecule has 0 bridgehead atoms. The van der Waals surface area contributed by atoms with E-state index in [9.17, 15) is 49.1 Å². The minimum atomic E-state index is -6.22. The summed E-state index contributed by atoms with van der Waals surface area (Å²) in [5, 5.41) is 9.40. The Balaban J connectivity index is 2.60. The fourth-order valence-electron chi connectivity index (χ4n) is 3.01. The Bertz CT molecular complexity index is 1100. The predicted octanol–water partition coefficient (Wildman–Crippen LogP) is 3.55. The lowest BCUT2D eigenvalue weighted by atomic mass is 9.86. The normalized spacial score (nSPS) is 14.3. The highest BCUT2D eigenvalue weighted by Crippen LogP contribution is 2.50. The Kier molecular flexibility index (Phi) is 6.68. The molecule has 3 N–H and O–H groups in total. The van der Waals surface area contributed by atoms with Crippen LogP contribution in [0.1, 0.15) is 29.5 Å². The fraction of sp³-hybridized carbons (Fsp3) is 0.316. The van der Waals surface area contributed by atoms with Crippen LogP contribution in [0.2, 0.25) is 0 Å². The molecule has 0 spiro atoms. The van der Waals surface area contributed by atoms with Crippen LogP contribution in [-0.4, -0.2) is 37.5 Å². The zero-order valence-corrected chi connectivity index (χ0v) is 16.9. The number of halogens is 7. The van der Waals surface area contributed by atoms with E-state index in [0.29, 0.717) is 6.07 Å². The van der Waals surface area contributed by atoms with Gasteiger partial charge in [0.15, 0.2) is 9.84 Å².